The van der Waals surface area contributed by atoms with E-state index in [0.29, 0.717) is 16.5 Å². The maximum atomic E-state index is 6.01. The van der Waals surface area contributed by atoms with Gasteiger partial charge in [0.05, 0.1) is 5.02 Å². The zero-order chi connectivity index (χ0) is 11.0. The maximum Gasteiger partial charge on any atom is 0.182 e. The van der Waals surface area contributed by atoms with Crippen LogP contribution in [0.4, 0.5) is 5.69 Å². The molecule has 1 saturated heterocycles. The number of fused-ring (bicyclic) bond motifs is 1. The van der Waals surface area contributed by atoms with Gasteiger partial charge in [-0.2, -0.15) is 0 Å². The van der Waals surface area contributed by atoms with Crippen molar-refractivity contribution in [1.29, 1.82) is 0 Å². The number of amidine groups is 1. The highest BCUT2D eigenvalue weighted by atomic mass is 35.5. The summed E-state index contributed by atoms with van der Waals surface area (Å²) >= 11 is 6.01. The summed E-state index contributed by atoms with van der Waals surface area (Å²) < 4.78 is 0. The second-order valence-corrected chi connectivity index (χ2v) is 4.01. The molecule has 6 heteroatoms. The number of aliphatic imine (C=N–C) groups is 1. The van der Waals surface area contributed by atoms with E-state index in [9.17, 15) is 0 Å². The molecule has 1 aromatic rings. The fourth-order valence-electron chi connectivity index (χ4n) is 1.75. The Kier molecular flexibility index (Phi) is 2.43. The van der Waals surface area contributed by atoms with Gasteiger partial charge in [-0.15, -0.1) is 10.2 Å². The van der Waals surface area contributed by atoms with Gasteiger partial charge >= 0.3 is 0 Å². The van der Waals surface area contributed by atoms with Gasteiger partial charge in [-0.3, -0.25) is 10.6 Å². The second kappa shape index (κ2) is 3.93. The standard InChI is InChI=1S/C10H10ClN5/c11-7-3-1-2-6-8(7)15-16-9(6)14-10-12-4-5-13-10/h1-3,10,12-13H,4-5H2. The number of benzene rings is 1. The highest BCUT2D eigenvalue weighted by Crippen LogP contribution is 2.34. The van der Waals surface area contributed by atoms with Crippen molar-refractivity contribution in [3.63, 3.8) is 0 Å². The SMILES string of the molecule is Clc1cccc2c1N=NC2=NC1NCCN1. The molecule has 0 amide bonds. The molecule has 2 heterocycles. The molecule has 0 bridgehead atoms. The van der Waals surface area contributed by atoms with Crippen LogP contribution >= 0.6 is 11.6 Å². The Morgan fingerprint density at radius 1 is 1.25 bits per heavy atom. The molecule has 82 valence electrons. The van der Waals surface area contributed by atoms with Crippen LogP contribution in [-0.4, -0.2) is 25.2 Å². The molecule has 0 unspecified atom stereocenters. The molecule has 0 atom stereocenters. The van der Waals surface area contributed by atoms with Crippen molar-refractivity contribution in [3.8, 4) is 0 Å². The van der Waals surface area contributed by atoms with Crippen LogP contribution in [0.15, 0.2) is 33.4 Å². The molecule has 1 aromatic carbocycles. The minimum atomic E-state index is -0.0705. The van der Waals surface area contributed by atoms with Crippen molar-refractivity contribution in [1.82, 2.24) is 10.6 Å². The summed E-state index contributed by atoms with van der Waals surface area (Å²) in [5.41, 5.74) is 1.60. The lowest BCUT2D eigenvalue weighted by atomic mass is 10.2. The van der Waals surface area contributed by atoms with Crippen LogP contribution < -0.4 is 10.6 Å². The van der Waals surface area contributed by atoms with Crippen LogP contribution in [0.1, 0.15) is 5.56 Å². The van der Waals surface area contributed by atoms with Gasteiger partial charge in [-0.1, -0.05) is 17.7 Å². The molecule has 0 radical (unpaired) electrons. The highest BCUT2D eigenvalue weighted by Gasteiger charge is 2.20. The summed E-state index contributed by atoms with van der Waals surface area (Å²) in [5, 5.41) is 15.1. The Balaban J connectivity index is 1.96. The van der Waals surface area contributed by atoms with E-state index in [-0.39, 0.29) is 6.29 Å². The zero-order valence-electron chi connectivity index (χ0n) is 8.44. The normalized spacial score (nSPS) is 21.9. The Bertz CT molecular complexity index is 476. The first-order valence-corrected chi connectivity index (χ1v) is 5.47. The first kappa shape index (κ1) is 9.89. The Morgan fingerprint density at radius 3 is 2.88 bits per heavy atom. The summed E-state index contributed by atoms with van der Waals surface area (Å²) in [6.07, 6.45) is -0.0705. The highest BCUT2D eigenvalue weighted by molar-refractivity contribution is 6.34. The number of hydrogen-bond acceptors (Lipinski definition) is 4. The fourth-order valence-corrected chi connectivity index (χ4v) is 1.96. The minimum Gasteiger partial charge on any atom is -0.282 e. The van der Waals surface area contributed by atoms with E-state index in [2.05, 4.69) is 25.9 Å². The van der Waals surface area contributed by atoms with Crippen LogP contribution in [0.5, 0.6) is 0 Å². The van der Waals surface area contributed by atoms with Gasteiger partial charge in [0.15, 0.2) is 12.1 Å². The predicted octanol–water partition coefficient (Wildman–Crippen LogP) is 1.66. The summed E-state index contributed by atoms with van der Waals surface area (Å²) in [6, 6.07) is 5.60. The van der Waals surface area contributed by atoms with E-state index in [1.165, 1.54) is 0 Å². The molecular weight excluding hydrogens is 226 g/mol. The third-order valence-corrected chi connectivity index (χ3v) is 2.83. The molecular formula is C10H10ClN5. The smallest absolute Gasteiger partial charge is 0.182 e. The number of halogens is 1. The topological polar surface area (TPSA) is 61.1 Å². The first-order chi connectivity index (χ1) is 7.84. The summed E-state index contributed by atoms with van der Waals surface area (Å²) in [5.74, 6) is 0.629. The van der Waals surface area contributed by atoms with Crippen molar-refractivity contribution < 1.29 is 0 Å². The van der Waals surface area contributed by atoms with E-state index in [4.69, 9.17) is 11.6 Å². The molecule has 2 aliphatic rings. The molecule has 2 aliphatic heterocycles. The molecule has 16 heavy (non-hydrogen) atoms. The lowest BCUT2D eigenvalue weighted by Gasteiger charge is -2.04. The lowest BCUT2D eigenvalue weighted by molar-refractivity contribution is 0.580. The number of azo groups is 1. The zero-order valence-corrected chi connectivity index (χ0v) is 9.20. The van der Waals surface area contributed by atoms with Crippen LogP contribution in [0, 0.1) is 0 Å². The molecule has 3 rings (SSSR count). The Labute approximate surface area is 97.6 Å². The van der Waals surface area contributed by atoms with Gasteiger partial charge in [0.2, 0.25) is 0 Å². The van der Waals surface area contributed by atoms with Gasteiger partial charge in [0.1, 0.15) is 5.69 Å². The van der Waals surface area contributed by atoms with E-state index in [1.54, 1.807) is 6.07 Å². The number of hydrogen-bond donors (Lipinski definition) is 2. The Morgan fingerprint density at radius 2 is 2.06 bits per heavy atom. The molecule has 0 saturated carbocycles. The van der Waals surface area contributed by atoms with Crippen molar-refractivity contribution in [2.75, 3.05) is 13.1 Å². The number of nitrogens with one attached hydrogen (secondary N) is 2. The molecule has 1 fully saturated rings. The van der Waals surface area contributed by atoms with E-state index >= 15 is 0 Å². The monoisotopic (exact) mass is 235 g/mol. The molecule has 0 aliphatic carbocycles. The largest absolute Gasteiger partial charge is 0.282 e. The number of rotatable bonds is 1. The van der Waals surface area contributed by atoms with E-state index in [1.807, 2.05) is 12.1 Å². The first-order valence-electron chi connectivity index (χ1n) is 5.10. The predicted molar refractivity (Wildman–Crippen MR) is 62.3 cm³/mol. The minimum absolute atomic E-state index is 0.0705. The quantitative estimate of drug-likeness (QED) is 0.778. The van der Waals surface area contributed by atoms with Crippen LogP contribution in [0.2, 0.25) is 5.02 Å². The fraction of sp³-hybridized carbons (Fsp3) is 0.300. The summed E-state index contributed by atoms with van der Waals surface area (Å²) in [6.45, 7) is 1.84. The maximum absolute atomic E-state index is 6.01. The molecule has 5 nitrogen and oxygen atoms in total. The van der Waals surface area contributed by atoms with Gasteiger partial charge in [-0.25, -0.2) is 4.99 Å². The third kappa shape index (κ3) is 1.63. The van der Waals surface area contributed by atoms with Crippen LogP contribution in [0.25, 0.3) is 0 Å². The average Bonchev–Trinajstić information content (AvgIpc) is 2.90. The van der Waals surface area contributed by atoms with Gasteiger partial charge in [0, 0.05) is 18.7 Å². The average molecular weight is 236 g/mol. The summed E-state index contributed by atoms with van der Waals surface area (Å²) in [4.78, 5) is 4.43. The summed E-state index contributed by atoms with van der Waals surface area (Å²) in [7, 11) is 0. The van der Waals surface area contributed by atoms with Crippen molar-refractivity contribution in [2.45, 2.75) is 6.29 Å². The van der Waals surface area contributed by atoms with Crippen LogP contribution in [-0.2, 0) is 0 Å². The van der Waals surface area contributed by atoms with Gasteiger partial charge < -0.3 is 0 Å². The molecule has 2 N–H and O–H groups in total. The van der Waals surface area contributed by atoms with E-state index in [0.717, 1.165) is 18.7 Å². The van der Waals surface area contributed by atoms with Crippen molar-refractivity contribution in [2.24, 2.45) is 15.2 Å². The molecule has 0 spiro atoms. The second-order valence-electron chi connectivity index (χ2n) is 3.60. The number of nitrogens with zero attached hydrogens (tertiary/aromatic N) is 3. The van der Waals surface area contributed by atoms with Crippen molar-refractivity contribution >= 4 is 23.1 Å². The Hall–Kier alpha value is -1.30. The molecule has 0 aromatic heterocycles. The van der Waals surface area contributed by atoms with Gasteiger partial charge in [0.25, 0.3) is 0 Å². The lowest BCUT2D eigenvalue weighted by Crippen LogP contribution is -2.29. The third-order valence-electron chi connectivity index (χ3n) is 2.52. The van der Waals surface area contributed by atoms with E-state index < -0.39 is 0 Å². The van der Waals surface area contributed by atoms with Crippen LogP contribution in [0.3, 0.4) is 0 Å². The van der Waals surface area contributed by atoms with Crippen molar-refractivity contribution in [3.05, 3.63) is 28.8 Å². The van der Waals surface area contributed by atoms with Gasteiger partial charge in [-0.05, 0) is 12.1 Å².